The Morgan fingerprint density at radius 3 is 2.30 bits per heavy atom. The van der Waals surface area contributed by atoms with Crippen LogP contribution in [0.3, 0.4) is 0 Å². The van der Waals surface area contributed by atoms with Crippen LogP contribution in [0.1, 0.15) is 44.2 Å². The lowest BCUT2D eigenvalue weighted by molar-refractivity contribution is 0.0175. The standard InChI is InChI=1S/C16H19F2NO/c1-4-6-13-14(5-2)20-15(19-13)11-7-9-12(10-8-11)16(3,17)18/h7-10H,4-6H2,1-3H3. The Morgan fingerprint density at radius 1 is 1.15 bits per heavy atom. The van der Waals surface area contributed by atoms with Crippen LogP contribution in [0.5, 0.6) is 0 Å². The minimum atomic E-state index is -2.82. The molecule has 0 spiro atoms. The van der Waals surface area contributed by atoms with E-state index < -0.39 is 5.92 Å². The van der Waals surface area contributed by atoms with Crippen molar-refractivity contribution >= 4 is 0 Å². The third-order valence-electron chi connectivity index (χ3n) is 3.22. The normalized spacial score (nSPS) is 11.8. The van der Waals surface area contributed by atoms with Gasteiger partial charge in [-0.05, 0) is 18.6 Å². The van der Waals surface area contributed by atoms with Crippen molar-refractivity contribution in [2.45, 2.75) is 46.0 Å². The number of aryl methyl sites for hydroxylation is 2. The molecule has 0 amide bonds. The van der Waals surface area contributed by atoms with Gasteiger partial charge in [0.1, 0.15) is 5.76 Å². The molecule has 20 heavy (non-hydrogen) atoms. The first kappa shape index (κ1) is 14.7. The van der Waals surface area contributed by atoms with Gasteiger partial charge in [-0.3, -0.25) is 0 Å². The van der Waals surface area contributed by atoms with Gasteiger partial charge >= 0.3 is 0 Å². The quantitative estimate of drug-likeness (QED) is 0.772. The summed E-state index contributed by atoms with van der Waals surface area (Å²) in [5.74, 6) is -1.43. The summed E-state index contributed by atoms with van der Waals surface area (Å²) in [6.45, 7) is 5.00. The maximum atomic E-state index is 13.2. The predicted octanol–water partition coefficient (Wildman–Crippen LogP) is 4.97. The van der Waals surface area contributed by atoms with Gasteiger partial charge in [0.05, 0.1) is 5.69 Å². The van der Waals surface area contributed by atoms with Gasteiger partial charge in [0.15, 0.2) is 0 Å². The second kappa shape index (κ2) is 5.73. The molecule has 0 aliphatic carbocycles. The molecule has 2 rings (SSSR count). The van der Waals surface area contributed by atoms with Crippen molar-refractivity contribution in [1.82, 2.24) is 4.98 Å². The fraction of sp³-hybridized carbons (Fsp3) is 0.438. The third-order valence-corrected chi connectivity index (χ3v) is 3.22. The molecule has 0 N–H and O–H groups in total. The second-order valence-electron chi connectivity index (χ2n) is 4.96. The van der Waals surface area contributed by atoms with E-state index in [1.54, 1.807) is 12.1 Å². The maximum absolute atomic E-state index is 13.2. The van der Waals surface area contributed by atoms with Crippen LogP contribution in [0.4, 0.5) is 8.78 Å². The summed E-state index contributed by atoms with van der Waals surface area (Å²) in [7, 11) is 0. The number of oxazole rings is 1. The highest BCUT2D eigenvalue weighted by molar-refractivity contribution is 5.54. The van der Waals surface area contributed by atoms with Gasteiger partial charge < -0.3 is 4.42 Å². The van der Waals surface area contributed by atoms with Crippen LogP contribution in [0, 0.1) is 0 Å². The van der Waals surface area contributed by atoms with Crippen molar-refractivity contribution in [3.8, 4) is 11.5 Å². The number of hydrogen-bond acceptors (Lipinski definition) is 2. The van der Waals surface area contributed by atoms with Gasteiger partial charge in [-0.15, -0.1) is 0 Å². The number of aromatic nitrogens is 1. The molecule has 0 atom stereocenters. The summed E-state index contributed by atoms with van der Waals surface area (Å²) < 4.78 is 32.1. The van der Waals surface area contributed by atoms with E-state index in [1.807, 2.05) is 6.92 Å². The van der Waals surface area contributed by atoms with Crippen molar-refractivity contribution in [3.05, 3.63) is 41.3 Å². The molecular weight excluding hydrogens is 260 g/mol. The molecule has 2 nitrogen and oxygen atoms in total. The molecule has 1 aromatic carbocycles. The van der Waals surface area contributed by atoms with Gasteiger partial charge in [-0.1, -0.05) is 32.4 Å². The number of alkyl halides is 2. The number of nitrogens with zero attached hydrogens (tertiary/aromatic N) is 1. The van der Waals surface area contributed by atoms with Gasteiger partial charge in [-0.2, -0.15) is 0 Å². The molecule has 1 aromatic heterocycles. The van der Waals surface area contributed by atoms with E-state index in [2.05, 4.69) is 11.9 Å². The molecule has 1 heterocycles. The lowest BCUT2D eigenvalue weighted by atomic mass is 10.1. The molecule has 0 aliphatic heterocycles. The van der Waals surface area contributed by atoms with Crippen molar-refractivity contribution in [2.75, 3.05) is 0 Å². The van der Waals surface area contributed by atoms with Crippen molar-refractivity contribution in [1.29, 1.82) is 0 Å². The summed E-state index contributed by atoms with van der Waals surface area (Å²) >= 11 is 0. The molecule has 0 saturated carbocycles. The van der Waals surface area contributed by atoms with E-state index >= 15 is 0 Å². The zero-order valence-corrected chi connectivity index (χ0v) is 12.0. The first-order valence-corrected chi connectivity index (χ1v) is 6.93. The van der Waals surface area contributed by atoms with Crippen LogP contribution in [0.25, 0.3) is 11.5 Å². The van der Waals surface area contributed by atoms with Crippen LogP contribution in [-0.2, 0) is 18.8 Å². The minimum Gasteiger partial charge on any atom is -0.441 e. The molecule has 0 saturated heterocycles. The van der Waals surface area contributed by atoms with Crippen molar-refractivity contribution in [2.24, 2.45) is 0 Å². The molecule has 0 unspecified atom stereocenters. The van der Waals surface area contributed by atoms with Crippen LogP contribution in [0.15, 0.2) is 28.7 Å². The maximum Gasteiger partial charge on any atom is 0.270 e. The summed E-state index contributed by atoms with van der Waals surface area (Å²) in [6.07, 6.45) is 2.66. The Bertz CT molecular complexity index is 567. The van der Waals surface area contributed by atoms with E-state index in [4.69, 9.17) is 4.42 Å². The Hall–Kier alpha value is -1.71. The van der Waals surface area contributed by atoms with Crippen LogP contribution < -0.4 is 0 Å². The van der Waals surface area contributed by atoms with Gasteiger partial charge in [-0.25, -0.2) is 13.8 Å². The zero-order chi connectivity index (χ0) is 14.8. The number of halogens is 2. The Balaban J connectivity index is 2.32. The van der Waals surface area contributed by atoms with E-state index in [1.165, 1.54) is 12.1 Å². The van der Waals surface area contributed by atoms with Crippen LogP contribution >= 0.6 is 0 Å². The number of hydrogen-bond donors (Lipinski definition) is 0. The van der Waals surface area contributed by atoms with Crippen LogP contribution in [0.2, 0.25) is 0 Å². The topological polar surface area (TPSA) is 26.0 Å². The van der Waals surface area contributed by atoms with Gasteiger partial charge in [0.2, 0.25) is 5.89 Å². The first-order valence-electron chi connectivity index (χ1n) is 6.93. The highest BCUT2D eigenvalue weighted by Gasteiger charge is 2.24. The SMILES string of the molecule is CCCc1nc(-c2ccc(C(C)(F)F)cc2)oc1CC. The second-order valence-corrected chi connectivity index (χ2v) is 4.96. The van der Waals surface area contributed by atoms with E-state index in [9.17, 15) is 8.78 Å². The summed E-state index contributed by atoms with van der Waals surface area (Å²) in [5.41, 5.74) is 1.70. The van der Waals surface area contributed by atoms with E-state index in [-0.39, 0.29) is 5.56 Å². The molecule has 2 aromatic rings. The number of benzene rings is 1. The number of rotatable bonds is 5. The monoisotopic (exact) mass is 279 g/mol. The Kier molecular flexibility index (Phi) is 4.21. The lowest BCUT2D eigenvalue weighted by Crippen LogP contribution is -2.06. The summed E-state index contributed by atoms with van der Waals surface area (Å²) in [4.78, 5) is 4.48. The molecule has 0 aliphatic rings. The summed E-state index contributed by atoms with van der Waals surface area (Å²) in [5, 5.41) is 0. The van der Waals surface area contributed by atoms with E-state index in [0.717, 1.165) is 43.2 Å². The van der Waals surface area contributed by atoms with E-state index in [0.29, 0.717) is 5.89 Å². The van der Waals surface area contributed by atoms with Crippen molar-refractivity contribution < 1.29 is 13.2 Å². The molecule has 108 valence electrons. The Morgan fingerprint density at radius 2 is 1.80 bits per heavy atom. The zero-order valence-electron chi connectivity index (χ0n) is 12.0. The highest BCUT2D eigenvalue weighted by Crippen LogP contribution is 2.29. The smallest absolute Gasteiger partial charge is 0.270 e. The van der Waals surface area contributed by atoms with Crippen LogP contribution in [-0.4, -0.2) is 4.98 Å². The average Bonchev–Trinajstić information content (AvgIpc) is 2.81. The fourth-order valence-corrected chi connectivity index (χ4v) is 2.12. The predicted molar refractivity (Wildman–Crippen MR) is 74.9 cm³/mol. The average molecular weight is 279 g/mol. The van der Waals surface area contributed by atoms with Crippen molar-refractivity contribution in [3.63, 3.8) is 0 Å². The largest absolute Gasteiger partial charge is 0.441 e. The molecule has 0 bridgehead atoms. The highest BCUT2D eigenvalue weighted by atomic mass is 19.3. The minimum absolute atomic E-state index is 0.00250. The summed E-state index contributed by atoms with van der Waals surface area (Å²) in [6, 6.07) is 6.11. The molecular formula is C16H19F2NO. The Labute approximate surface area is 117 Å². The van der Waals surface area contributed by atoms with Gasteiger partial charge in [0, 0.05) is 24.5 Å². The third kappa shape index (κ3) is 3.06. The molecule has 0 radical (unpaired) electrons. The fourth-order valence-electron chi connectivity index (χ4n) is 2.12. The lowest BCUT2D eigenvalue weighted by Gasteiger charge is -2.10. The first-order chi connectivity index (χ1) is 9.45. The molecule has 0 fully saturated rings. The molecule has 4 heteroatoms. The van der Waals surface area contributed by atoms with Gasteiger partial charge in [0.25, 0.3) is 5.92 Å².